The van der Waals surface area contributed by atoms with Gasteiger partial charge >= 0.3 is 0 Å². The van der Waals surface area contributed by atoms with Crippen LogP contribution in [-0.4, -0.2) is 74.3 Å². The molecule has 2 rings (SSSR count). The number of piperidine rings is 1. The fourth-order valence-corrected chi connectivity index (χ4v) is 3.10. The van der Waals surface area contributed by atoms with Gasteiger partial charge in [0.05, 0.1) is 6.54 Å². The molecule has 7 nitrogen and oxygen atoms in total. The highest BCUT2D eigenvalue weighted by atomic mass is 16.2. The summed E-state index contributed by atoms with van der Waals surface area (Å²) in [6, 6.07) is 8.83. The number of hydrogen-bond donors (Lipinski definition) is 2. The average molecular weight is 374 g/mol. The van der Waals surface area contributed by atoms with Crippen LogP contribution in [0.3, 0.4) is 0 Å². The monoisotopic (exact) mass is 374 g/mol. The Morgan fingerprint density at radius 1 is 1.07 bits per heavy atom. The molecule has 1 aliphatic rings. The Morgan fingerprint density at radius 3 is 2.37 bits per heavy atom. The summed E-state index contributed by atoms with van der Waals surface area (Å²) in [7, 11) is 4.02. The largest absolute Gasteiger partial charge is 0.356 e. The minimum absolute atomic E-state index is 0.0187. The van der Waals surface area contributed by atoms with E-state index in [2.05, 4.69) is 15.5 Å². The highest BCUT2D eigenvalue weighted by Crippen LogP contribution is 2.17. The molecule has 148 valence electrons. The summed E-state index contributed by atoms with van der Waals surface area (Å²) in [6.07, 6.45) is 2.26. The number of carbonyl (C=O) groups excluding carboxylic acids is 3. The molecule has 0 aromatic heterocycles. The smallest absolute Gasteiger partial charge is 0.251 e. The maximum Gasteiger partial charge on any atom is 0.251 e. The van der Waals surface area contributed by atoms with Gasteiger partial charge in [-0.05, 0) is 52.0 Å². The summed E-state index contributed by atoms with van der Waals surface area (Å²) in [5.41, 5.74) is 0.537. The van der Waals surface area contributed by atoms with E-state index >= 15 is 0 Å². The maximum atomic E-state index is 12.3. The van der Waals surface area contributed by atoms with Gasteiger partial charge in [-0.1, -0.05) is 18.2 Å². The lowest BCUT2D eigenvalue weighted by molar-refractivity contribution is -0.134. The molecule has 1 heterocycles. The van der Waals surface area contributed by atoms with E-state index in [4.69, 9.17) is 0 Å². The Balaban J connectivity index is 1.66. The molecular formula is C20H30N4O3. The van der Waals surface area contributed by atoms with Crippen molar-refractivity contribution in [2.45, 2.75) is 19.3 Å². The van der Waals surface area contributed by atoms with Crippen LogP contribution in [0.4, 0.5) is 0 Å². The van der Waals surface area contributed by atoms with Crippen molar-refractivity contribution in [1.82, 2.24) is 20.4 Å². The normalized spacial score (nSPS) is 14.9. The van der Waals surface area contributed by atoms with Crippen LogP contribution >= 0.6 is 0 Å². The SMILES string of the molecule is CN(C)CCCNC(=O)C1CCN(C(=O)CNC(=O)c2ccccc2)CC1. The van der Waals surface area contributed by atoms with Gasteiger partial charge in [-0.3, -0.25) is 14.4 Å². The molecule has 7 heteroatoms. The number of nitrogens with zero attached hydrogens (tertiary/aromatic N) is 2. The zero-order chi connectivity index (χ0) is 19.6. The topological polar surface area (TPSA) is 81.8 Å². The second-order valence-electron chi connectivity index (χ2n) is 7.15. The molecule has 0 aliphatic carbocycles. The minimum atomic E-state index is -0.254. The van der Waals surface area contributed by atoms with Crippen molar-refractivity contribution in [3.8, 4) is 0 Å². The van der Waals surface area contributed by atoms with Crippen LogP contribution < -0.4 is 10.6 Å². The molecule has 0 atom stereocenters. The molecule has 1 aromatic rings. The van der Waals surface area contributed by atoms with Gasteiger partial charge in [-0.2, -0.15) is 0 Å². The molecule has 3 amide bonds. The van der Waals surface area contributed by atoms with E-state index in [0.29, 0.717) is 38.0 Å². The number of amides is 3. The summed E-state index contributed by atoms with van der Waals surface area (Å²) in [4.78, 5) is 40.3. The first kappa shape index (κ1) is 20.9. The first-order valence-electron chi connectivity index (χ1n) is 9.51. The van der Waals surface area contributed by atoms with E-state index in [1.54, 1.807) is 29.2 Å². The molecule has 1 fully saturated rings. The molecule has 0 saturated carbocycles. The Morgan fingerprint density at radius 2 is 1.74 bits per heavy atom. The van der Waals surface area contributed by atoms with Crippen LogP contribution in [0.5, 0.6) is 0 Å². The van der Waals surface area contributed by atoms with Crippen LogP contribution in [0.1, 0.15) is 29.6 Å². The van der Waals surface area contributed by atoms with E-state index in [1.165, 1.54) is 0 Å². The standard InChI is InChI=1S/C20H30N4O3/c1-23(2)12-6-11-21-19(26)17-9-13-24(14-10-17)18(25)15-22-20(27)16-7-4-3-5-8-16/h3-5,7-8,17H,6,9-15H2,1-2H3,(H,21,26)(H,22,27). The molecule has 2 N–H and O–H groups in total. The number of rotatable bonds is 8. The van der Waals surface area contributed by atoms with Gasteiger partial charge in [-0.15, -0.1) is 0 Å². The van der Waals surface area contributed by atoms with Crippen molar-refractivity contribution in [2.24, 2.45) is 5.92 Å². The molecule has 0 bridgehead atoms. The van der Waals surface area contributed by atoms with Gasteiger partial charge < -0.3 is 20.4 Å². The summed E-state index contributed by atoms with van der Waals surface area (Å²) in [5.74, 6) is -0.314. The summed E-state index contributed by atoms with van der Waals surface area (Å²) in [5, 5.41) is 5.64. The number of hydrogen-bond acceptors (Lipinski definition) is 4. The van der Waals surface area contributed by atoms with Crippen LogP contribution in [0.15, 0.2) is 30.3 Å². The van der Waals surface area contributed by atoms with E-state index < -0.39 is 0 Å². The fourth-order valence-electron chi connectivity index (χ4n) is 3.10. The van der Waals surface area contributed by atoms with Gasteiger partial charge in [0.25, 0.3) is 5.91 Å². The zero-order valence-corrected chi connectivity index (χ0v) is 16.2. The fraction of sp³-hybridized carbons (Fsp3) is 0.550. The first-order valence-corrected chi connectivity index (χ1v) is 9.51. The number of benzene rings is 1. The lowest BCUT2D eigenvalue weighted by Crippen LogP contribution is -2.46. The Labute approximate surface area is 161 Å². The lowest BCUT2D eigenvalue weighted by atomic mass is 9.96. The Hall–Kier alpha value is -2.41. The zero-order valence-electron chi connectivity index (χ0n) is 16.2. The van der Waals surface area contributed by atoms with E-state index in [1.807, 2.05) is 20.2 Å². The summed E-state index contributed by atoms with van der Waals surface area (Å²) < 4.78 is 0. The van der Waals surface area contributed by atoms with Crippen molar-refractivity contribution < 1.29 is 14.4 Å². The van der Waals surface area contributed by atoms with Crippen LogP contribution in [0, 0.1) is 5.92 Å². The van der Waals surface area contributed by atoms with E-state index in [0.717, 1.165) is 13.0 Å². The van der Waals surface area contributed by atoms with Crippen molar-refractivity contribution >= 4 is 17.7 Å². The van der Waals surface area contributed by atoms with Gasteiger partial charge in [0.2, 0.25) is 11.8 Å². The number of nitrogens with one attached hydrogen (secondary N) is 2. The second-order valence-corrected chi connectivity index (χ2v) is 7.15. The van der Waals surface area contributed by atoms with Crippen LogP contribution in [0.2, 0.25) is 0 Å². The molecule has 1 aliphatic heterocycles. The van der Waals surface area contributed by atoms with Crippen molar-refractivity contribution in [3.63, 3.8) is 0 Å². The van der Waals surface area contributed by atoms with E-state index in [-0.39, 0.29) is 30.2 Å². The molecule has 0 unspecified atom stereocenters. The van der Waals surface area contributed by atoms with Crippen molar-refractivity contribution in [2.75, 3.05) is 46.8 Å². The van der Waals surface area contributed by atoms with Gasteiger partial charge in [0.15, 0.2) is 0 Å². The predicted molar refractivity (Wildman–Crippen MR) is 104 cm³/mol. The summed E-state index contributed by atoms with van der Waals surface area (Å²) in [6.45, 7) is 2.71. The van der Waals surface area contributed by atoms with Crippen LogP contribution in [-0.2, 0) is 9.59 Å². The molecule has 0 radical (unpaired) electrons. The summed E-state index contributed by atoms with van der Waals surface area (Å²) >= 11 is 0. The highest BCUT2D eigenvalue weighted by molar-refractivity contribution is 5.96. The van der Waals surface area contributed by atoms with E-state index in [9.17, 15) is 14.4 Å². The Kier molecular flexibility index (Phi) is 8.26. The number of carbonyl (C=O) groups is 3. The maximum absolute atomic E-state index is 12.3. The average Bonchev–Trinajstić information content (AvgIpc) is 2.69. The molecule has 1 saturated heterocycles. The minimum Gasteiger partial charge on any atom is -0.356 e. The Bertz CT molecular complexity index is 625. The molecule has 1 aromatic carbocycles. The van der Waals surface area contributed by atoms with Gasteiger partial charge in [0.1, 0.15) is 0 Å². The third kappa shape index (κ3) is 7.02. The lowest BCUT2D eigenvalue weighted by Gasteiger charge is -2.31. The van der Waals surface area contributed by atoms with Gasteiger partial charge in [-0.25, -0.2) is 0 Å². The van der Waals surface area contributed by atoms with Crippen molar-refractivity contribution in [1.29, 1.82) is 0 Å². The highest BCUT2D eigenvalue weighted by Gasteiger charge is 2.27. The molecule has 0 spiro atoms. The molecule has 27 heavy (non-hydrogen) atoms. The third-order valence-electron chi connectivity index (χ3n) is 4.74. The quantitative estimate of drug-likeness (QED) is 0.657. The van der Waals surface area contributed by atoms with Gasteiger partial charge in [0, 0.05) is 31.1 Å². The first-order chi connectivity index (χ1) is 13.0. The predicted octanol–water partition coefficient (Wildman–Crippen LogP) is 0.723. The second kappa shape index (κ2) is 10.7. The molecular weight excluding hydrogens is 344 g/mol. The number of likely N-dealkylation sites (tertiary alicyclic amines) is 1. The van der Waals surface area contributed by atoms with Crippen molar-refractivity contribution in [3.05, 3.63) is 35.9 Å². The van der Waals surface area contributed by atoms with Crippen LogP contribution in [0.25, 0.3) is 0 Å². The third-order valence-corrected chi connectivity index (χ3v) is 4.74.